The lowest BCUT2D eigenvalue weighted by Crippen LogP contribution is -2.19. The molecule has 14 heavy (non-hydrogen) atoms. The first-order chi connectivity index (χ1) is 6.69. The molecule has 2 N–H and O–H groups in total. The monoisotopic (exact) mass is 196 g/mol. The molecule has 0 radical (unpaired) electrons. The Bertz CT molecular complexity index is 278. The van der Waals surface area contributed by atoms with Gasteiger partial charge in [0.2, 0.25) is 5.88 Å². The van der Waals surface area contributed by atoms with Gasteiger partial charge in [0.15, 0.2) is 0 Å². The molecule has 0 unspecified atom stereocenters. The Balaban J connectivity index is 3.05. The molecule has 1 aromatic heterocycles. The Labute approximate surface area is 84.0 Å². The molecule has 1 aromatic rings. The van der Waals surface area contributed by atoms with Gasteiger partial charge in [-0.1, -0.05) is 0 Å². The van der Waals surface area contributed by atoms with Crippen molar-refractivity contribution in [2.75, 3.05) is 14.2 Å². The first-order valence-corrected chi connectivity index (χ1v) is 4.50. The van der Waals surface area contributed by atoms with Gasteiger partial charge in [-0.25, -0.2) is 4.98 Å². The van der Waals surface area contributed by atoms with Gasteiger partial charge in [0.25, 0.3) is 0 Å². The van der Waals surface area contributed by atoms with E-state index >= 15 is 0 Å². The van der Waals surface area contributed by atoms with E-state index in [2.05, 4.69) is 4.98 Å². The number of pyridine rings is 1. The highest BCUT2D eigenvalue weighted by Crippen LogP contribution is 2.26. The smallest absolute Gasteiger partial charge is 0.220 e. The second-order valence-electron chi connectivity index (χ2n) is 3.18. The summed E-state index contributed by atoms with van der Waals surface area (Å²) < 4.78 is 10.4. The molecule has 4 nitrogen and oxygen atoms in total. The van der Waals surface area contributed by atoms with Crippen molar-refractivity contribution < 1.29 is 9.47 Å². The van der Waals surface area contributed by atoms with E-state index in [1.807, 2.05) is 6.92 Å². The molecule has 1 atom stereocenters. The van der Waals surface area contributed by atoms with Crippen LogP contribution in [0, 0.1) is 0 Å². The number of aromatic nitrogens is 1. The molecule has 1 rings (SSSR count). The lowest BCUT2D eigenvalue weighted by Gasteiger charge is -2.13. The molecule has 0 aliphatic heterocycles. The largest absolute Gasteiger partial charge is 0.496 e. The highest BCUT2D eigenvalue weighted by atomic mass is 16.5. The van der Waals surface area contributed by atoms with Gasteiger partial charge in [-0.3, -0.25) is 0 Å². The third-order valence-corrected chi connectivity index (χ3v) is 1.91. The summed E-state index contributed by atoms with van der Waals surface area (Å²) in [4.78, 5) is 4.10. The molecule has 0 saturated heterocycles. The minimum absolute atomic E-state index is 0.0574. The number of nitrogens with zero attached hydrogens (tertiary/aromatic N) is 1. The topological polar surface area (TPSA) is 57.4 Å². The number of methoxy groups -OCH3 is 2. The Morgan fingerprint density at radius 2 is 2.14 bits per heavy atom. The van der Waals surface area contributed by atoms with E-state index in [1.54, 1.807) is 26.5 Å². The summed E-state index contributed by atoms with van der Waals surface area (Å²) in [7, 11) is 3.21. The van der Waals surface area contributed by atoms with Crippen LogP contribution in [0.2, 0.25) is 0 Å². The standard InChI is InChI=1S/C10H16N2O2/c1-7(11)6-8-9(13-2)4-5-12-10(8)14-3/h4-5,7H,6,11H2,1-3H3/t7-/m0/s1. The predicted octanol–water partition coefficient (Wildman–Crippen LogP) is 0.988. The third-order valence-electron chi connectivity index (χ3n) is 1.91. The zero-order valence-corrected chi connectivity index (χ0v) is 8.78. The van der Waals surface area contributed by atoms with E-state index in [0.29, 0.717) is 12.3 Å². The fraction of sp³-hybridized carbons (Fsp3) is 0.500. The quantitative estimate of drug-likeness (QED) is 0.780. The second-order valence-corrected chi connectivity index (χ2v) is 3.18. The fourth-order valence-corrected chi connectivity index (χ4v) is 1.33. The van der Waals surface area contributed by atoms with E-state index in [9.17, 15) is 0 Å². The summed E-state index contributed by atoms with van der Waals surface area (Å²) in [5.41, 5.74) is 6.66. The van der Waals surface area contributed by atoms with Gasteiger partial charge in [0.1, 0.15) is 5.75 Å². The SMILES string of the molecule is COc1ccnc(OC)c1C[C@H](C)N. The Hall–Kier alpha value is -1.29. The normalized spacial score (nSPS) is 12.3. The maximum absolute atomic E-state index is 5.73. The zero-order valence-electron chi connectivity index (χ0n) is 8.78. The average Bonchev–Trinajstić information content (AvgIpc) is 2.17. The van der Waals surface area contributed by atoms with E-state index in [1.165, 1.54) is 0 Å². The highest BCUT2D eigenvalue weighted by molar-refractivity contribution is 5.40. The Kier molecular flexibility index (Phi) is 3.71. The van der Waals surface area contributed by atoms with Crippen molar-refractivity contribution in [3.8, 4) is 11.6 Å². The van der Waals surface area contributed by atoms with E-state index in [4.69, 9.17) is 15.2 Å². The van der Waals surface area contributed by atoms with Crippen LogP contribution >= 0.6 is 0 Å². The average molecular weight is 196 g/mol. The van der Waals surface area contributed by atoms with Gasteiger partial charge < -0.3 is 15.2 Å². The lowest BCUT2D eigenvalue weighted by atomic mass is 10.1. The first kappa shape index (κ1) is 10.8. The van der Waals surface area contributed by atoms with Crippen LogP contribution in [0.1, 0.15) is 12.5 Å². The van der Waals surface area contributed by atoms with Crippen molar-refractivity contribution >= 4 is 0 Å². The summed E-state index contributed by atoms with van der Waals surface area (Å²) in [6.07, 6.45) is 2.35. The van der Waals surface area contributed by atoms with Crippen LogP contribution in [0.25, 0.3) is 0 Å². The van der Waals surface area contributed by atoms with Crippen molar-refractivity contribution in [1.82, 2.24) is 4.98 Å². The number of hydrogen-bond donors (Lipinski definition) is 1. The minimum atomic E-state index is 0.0574. The van der Waals surface area contributed by atoms with Crippen LogP contribution in [0.5, 0.6) is 11.6 Å². The lowest BCUT2D eigenvalue weighted by molar-refractivity contribution is 0.371. The number of hydrogen-bond acceptors (Lipinski definition) is 4. The van der Waals surface area contributed by atoms with Gasteiger partial charge in [0.05, 0.1) is 19.8 Å². The van der Waals surface area contributed by atoms with E-state index < -0.39 is 0 Å². The van der Waals surface area contributed by atoms with Crippen LogP contribution in [0.3, 0.4) is 0 Å². The first-order valence-electron chi connectivity index (χ1n) is 4.50. The summed E-state index contributed by atoms with van der Waals surface area (Å²) in [6, 6.07) is 1.86. The van der Waals surface area contributed by atoms with Gasteiger partial charge in [-0.05, 0) is 19.4 Å². The maximum atomic E-state index is 5.73. The molecule has 1 heterocycles. The van der Waals surface area contributed by atoms with Gasteiger partial charge in [-0.2, -0.15) is 0 Å². The van der Waals surface area contributed by atoms with Gasteiger partial charge in [0, 0.05) is 12.2 Å². The molecule has 0 amide bonds. The van der Waals surface area contributed by atoms with Gasteiger partial charge in [-0.15, -0.1) is 0 Å². The maximum Gasteiger partial charge on any atom is 0.220 e. The van der Waals surface area contributed by atoms with Crippen LogP contribution in [-0.2, 0) is 6.42 Å². The molecule has 0 aliphatic rings. The van der Waals surface area contributed by atoms with Crippen molar-refractivity contribution in [2.24, 2.45) is 5.73 Å². The number of nitrogens with two attached hydrogens (primary N) is 1. The molecular formula is C10H16N2O2. The molecule has 0 aromatic carbocycles. The number of ether oxygens (including phenoxy) is 2. The molecule has 0 saturated carbocycles. The minimum Gasteiger partial charge on any atom is -0.496 e. The molecular weight excluding hydrogens is 180 g/mol. The van der Waals surface area contributed by atoms with Crippen LogP contribution in [0.15, 0.2) is 12.3 Å². The second kappa shape index (κ2) is 4.81. The summed E-state index contributed by atoms with van der Waals surface area (Å²) in [5.74, 6) is 1.36. The third kappa shape index (κ3) is 2.35. The van der Waals surface area contributed by atoms with E-state index in [-0.39, 0.29) is 6.04 Å². The summed E-state index contributed by atoms with van der Waals surface area (Å²) >= 11 is 0. The zero-order chi connectivity index (χ0) is 10.6. The molecule has 0 spiro atoms. The van der Waals surface area contributed by atoms with Crippen molar-refractivity contribution in [3.63, 3.8) is 0 Å². The molecule has 78 valence electrons. The highest BCUT2D eigenvalue weighted by Gasteiger charge is 2.12. The van der Waals surface area contributed by atoms with Crippen LogP contribution < -0.4 is 15.2 Å². The summed E-state index contributed by atoms with van der Waals surface area (Å²) in [6.45, 7) is 1.94. The molecule has 4 heteroatoms. The fourth-order valence-electron chi connectivity index (χ4n) is 1.33. The van der Waals surface area contributed by atoms with Crippen LogP contribution in [0.4, 0.5) is 0 Å². The van der Waals surface area contributed by atoms with Crippen molar-refractivity contribution in [3.05, 3.63) is 17.8 Å². The Morgan fingerprint density at radius 1 is 1.43 bits per heavy atom. The number of rotatable bonds is 4. The predicted molar refractivity (Wildman–Crippen MR) is 54.7 cm³/mol. The van der Waals surface area contributed by atoms with Crippen LogP contribution in [-0.4, -0.2) is 25.2 Å². The molecule has 0 fully saturated rings. The van der Waals surface area contributed by atoms with Crippen molar-refractivity contribution in [2.45, 2.75) is 19.4 Å². The van der Waals surface area contributed by atoms with E-state index in [0.717, 1.165) is 11.3 Å². The molecule has 0 aliphatic carbocycles. The van der Waals surface area contributed by atoms with Gasteiger partial charge >= 0.3 is 0 Å². The summed E-state index contributed by atoms with van der Waals surface area (Å²) in [5, 5.41) is 0. The van der Waals surface area contributed by atoms with Crippen molar-refractivity contribution in [1.29, 1.82) is 0 Å². The Morgan fingerprint density at radius 3 is 2.64 bits per heavy atom. The molecule has 0 bridgehead atoms.